The molecule has 7 rings (SSSR count). The van der Waals surface area contributed by atoms with Crippen molar-refractivity contribution in [3.8, 4) is 5.69 Å². The second-order valence-electron chi connectivity index (χ2n) is 13.5. The SMILES string of the molecule is C/C=C(\CN1CCN(C2COC2)CC1)C(=O)NCc1cccc([C@@H]2c3cnn(-c4ccccc4)c3N(CC)C(=O)[C@H]2NC(=O)c2ccn(C(F)(F)F)n2)c1. The molecule has 3 amide bonds. The van der Waals surface area contributed by atoms with Crippen LogP contribution in [0.3, 0.4) is 0 Å². The number of anilines is 1. The van der Waals surface area contributed by atoms with Gasteiger partial charge in [-0.3, -0.25) is 29.1 Å². The zero-order valence-corrected chi connectivity index (χ0v) is 30.0. The highest BCUT2D eigenvalue weighted by Gasteiger charge is 2.45. The first-order valence-corrected chi connectivity index (χ1v) is 18.0. The van der Waals surface area contributed by atoms with E-state index in [9.17, 15) is 27.6 Å². The Labute approximate surface area is 310 Å². The molecule has 2 fully saturated rings. The van der Waals surface area contributed by atoms with Gasteiger partial charge in [-0.25, -0.2) is 4.68 Å². The summed E-state index contributed by atoms with van der Waals surface area (Å²) in [5.74, 6) is -1.84. The minimum absolute atomic E-state index is 0.181. The predicted octanol–water partition coefficient (Wildman–Crippen LogP) is 3.42. The lowest BCUT2D eigenvalue weighted by molar-refractivity contribution is -0.212. The number of para-hydroxylation sites is 1. The van der Waals surface area contributed by atoms with E-state index in [-0.39, 0.29) is 23.7 Å². The summed E-state index contributed by atoms with van der Waals surface area (Å²) in [6.45, 7) is 9.77. The van der Waals surface area contributed by atoms with E-state index in [1.807, 2.05) is 67.6 Å². The van der Waals surface area contributed by atoms with Gasteiger partial charge < -0.3 is 15.4 Å². The van der Waals surface area contributed by atoms with Crippen LogP contribution in [0.2, 0.25) is 0 Å². The molecule has 0 saturated carbocycles. The van der Waals surface area contributed by atoms with Gasteiger partial charge in [0, 0.05) is 69.1 Å². The van der Waals surface area contributed by atoms with Gasteiger partial charge in [0.15, 0.2) is 0 Å². The molecule has 0 spiro atoms. The van der Waals surface area contributed by atoms with Gasteiger partial charge in [0.05, 0.1) is 31.1 Å². The number of piperazine rings is 1. The van der Waals surface area contributed by atoms with E-state index in [0.717, 1.165) is 56.7 Å². The van der Waals surface area contributed by atoms with E-state index in [2.05, 4.69) is 30.6 Å². The van der Waals surface area contributed by atoms with Crippen LogP contribution in [-0.4, -0.2) is 112 Å². The standard InChI is InChI=1S/C38H42F3N9O4/c1-3-26(22-46-15-17-47(18-16-46)29-23-54-24-29)34(51)42-20-25-9-8-10-27(19-25)32-30-21-43-50(28-11-6-5-7-12-28)36(30)48(4-2)37(53)33(32)44-35(52)31-13-14-49(45-31)38(39,40)41/h3,5-14,19,21,29,32-33H,4,15-18,20,22-24H2,1-2H3,(H,42,51)(H,44,52)/b26-3+/t32-,33+/m1/s1. The maximum absolute atomic E-state index is 14.3. The van der Waals surface area contributed by atoms with Crippen LogP contribution >= 0.6 is 0 Å². The topological polar surface area (TPSA) is 130 Å². The van der Waals surface area contributed by atoms with Crippen molar-refractivity contribution in [1.82, 2.24) is 40.0 Å². The third kappa shape index (κ3) is 7.54. The summed E-state index contributed by atoms with van der Waals surface area (Å²) in [4.78, 5) is 47.4. The molecule has 0 bridgehead atoms. The highest BCUT2D eigenvalue weighted by molar-refractivity contribution is 6.04. The Balaban J connectivity index is 1.13. The molecule has 4 aromatic rings. The minimum atomic E-state index is -4.81. The average molecular weight is 746 g/mol. The molecule has 3 aliphatic heterocycles. The van der Waals surface area contributed by atoms with Crippen molar-refractivity contribution in [3.05, 3.63) is 107 Å². The van der Waals surface area contributed by atoms with Crippen molar-refractivity contribution in [2.45, 2.75) is 44.7 Å². The van der Waals surface area contributed by atoms with E-state index in [4.69, 9.17) is 4.74 Å². The lowest BCUT2D eigenvalue weighted by Crippen LogP contribution is -2.56. The van der Waals surface area contributed by atoms with Crippen LogP contribution in [-0.2, 0) is 27.2 Å². The molecule has 54 heavy (non-hydrogen) atoms. The molecule has 5 heterocycles. The molecule has 284 valence electrons. The van der Waals surface area contributed by atoms with Gasteiger partial charge in [-0.2, -0.15) is 14.9 Å². The Hall–Kier alpha value is -5.32. The van der Waals surface area contributed by atoms with Crippen molar-refractivity contribution in [1.29, 1.82) is 0 Å². The second kappa shape index (κ2) is 15.6. The van der Waals surface area contributed by atoms with Crippen LogP contribution < -0.4 is 15.5 Å². The maximum atomic E-state index is 14.3. The number of allylic oxidation sites excluding steroid dienone is 1. The Morgan fingerprint density at radius 3 is 2.43 bits per heavy atom. The molecule has 0 radical (unpaired) electrons. The quantitative estimate of drug-likeness (QED) is 0.224. The van der Waals surface area contributed by atoms with Gasteiger partial charge in [0.2, 0.25) is 5.91 Å². The smallest absolute Gasteiger partial charge is 0.378 e. The maximum Gasteiger partial charge on any atom is 0.504 e. The van der Waals surface area contributed by atoms with Gasteiger partial charge in [-0.1, -0.05) is 48.5 Å². The van der Waals surface area contributed by atoms with Gasteiger partial charge in [0.25, 0.3) is 11.8 Å². The summed E-state index contributed by atoms with van der Waals surface area (Å²) >= 11 is 0. The number of aromatic nitrogens is 4. The molecular formula is C38H42F3N9O4. The van der Waals surface area contributed by atoms with Crippen molar-refractivity contribution >= 4 is 23.5 Å². The molecule has 16 heteroatoms. The number of likely N-dealkylation sites (N-methyl/N-ethyl adjacent to an activating group) is 1. The number of hydrogen-bond acceptors (Lipinski definition) is 8. The number of carbonyl (C=O) groups is 3. The van der Waals surface area contributed by atoms with Gasteiger partial charge in [0.1, 0.15) is 17.6 Å². The fourth-order valence-corrected chi connectivity index (χ4v) is 7.27. The molecule has 2 aromatic heterocycles. The number of benzene rings is 2. The lowest BCUT2D eigenvalue weighted by atomic mass is 9.82. The molecule has 0 aliphatic carbocycles. The van der Waals surface area contributed by atoms with Crippen LogP contribution in [0.5, 0.6) is 0 Å². The number of fused-ring (bicyclic) bond motifs is 1. The number of halogens is 3. The van der Waals surface area contributed by atoms with Crippen molar-refractivity contribution in [2.24, 2.45) is 0 Å². The molecule has 2 N–H and O–H groups in total. The van der Waals surface area contributed by atoms with E-state index in [0.29, 0.717) is 41.3 Å². The highest BCUT2D eigenvalue weighted by Crippen LogP contribution is 2.41. The molecule has 2 atom stereocenters. The zero-order valence-electron chi connectivity index (χ0n) is 30.0. The first-order valence-electron chi connectivity index (χ1n) is 18.0. The normalized spacial score (nSPS) is 20.1. The first kappa shape index (κ1) is 37.0. The summed E-state index contributed by atoms with van der Waals surface area (Å²) < 4.78 is 46.7. The van der Waals surface area contributed by atoms with Gasteiger partial charge in [-0.05, 0) is 43.2 Å². The number of rotatable bonds is 11. The molecule has 2 saturated heterocycles. The molecule has 0 unspecified atom stereocenters. The van der Waals surface area contributed by atoms with E-state index in [1.165, 1.54) is 4.90 Å². The van der Waals surface area contributed by atoms with E-state index < -0.39 is 35.8 Å². The summed E-state index contributed by atoms with van der Waals surface area (Å²) in [5.41, 5.74) is 2.93. The molecule has 3 aliphatic rings. The van der Waals surface area contributed by atoms with Gasteiger partial charge >= 0.3 is 6.30 Å². The number of nitrogens with zero attached hydrogens (tertiary/aromatic N) is 7. The molecule has 2 aromatic carbocycles. The Morgan fingerprint density at radius 2 is 1.78 bits per heavy atom. The molecule has 13 nitrogen and oxygen atoms in total. The highest BCUT2D eigenvalue weighted by atomic mass is 19.4. The van der Waals surface area contributed by atoms with Crippen LogP contribution in [0.25, 0.3) is 5.69 Å². The van der Waals surface area contributed by atoms with E-state index in [1.54, 1.807) is 17.8 Å². The second-order valence-corrected chi connectivity index (χ2v) is 13.5. The number of nitrogens with one attached hydrogen (secondary N) is 2. The number of carbonyl (C=O) groups excluding carboxylic acids is 3. The Morgan fingerprint density at radius 1 is 1.02 bits per heavy atom. The van der Waals surface area contributed by atoms with Crippen LogP contribution in [0, 0.1) is 0 Å². The summed E-state index contributed by atoms with van der Waals surface area (Å²) in [7, 11) is 0. The molecular weight excluding hydrogens is 703 g/mol. The van der Waals surface area contributed by atoms with E-state index >= 15 is 0 Å². The van der Waals surface area contributed by atoms with Crippen LogP contribution in [0.4, 0.5) is 19.0 Å². The fourth-order valence-electron chi connectivity index (χ4n) is 7.27. The fraction of sp³-hybridized carbons (Fsp3) is 0.395. The summed E-state index contributed by atoms with van der Waals surface area (Å²) in [6.07, 6.45) is -0.682. The minimum Gasteiger partial charge on any atom is -0.378 e. The predicted molar refractivity (Wildman–Crippen MR) is 193 cm³/mol. The largest absolute Gasteiger partial charge is 0.504 e. The number of alkyl halides is 3. The van der Waals surface area contributed by atoms with Crippen molar-refractivity contribution < 1.29 is 32.3 Å². The Kier molecular flexibility index (Phi) is 10.7. The summed E-state index contributed by atoms with van der Waals surface area (Å²) in [6, 6.07) is 16.9. The van der Waals surface area contributed by atoms with Crippen LogP contribution in [0.1, 0.15) is 46.9 Å². The van der Waals surface area contributed by atoms with Crippen molar-refractivity contribution in [2.75, 3.05) is 57.4 Å². The zero-order chi connectivity index (χ0) is 38.0. The number of hydrogen-bond donors (Lipinski definition) is 2. The number of ether oxygens (including phenoxy) is 1. The first-order chi connectivity index (χ1) is 26.0. The third-order valence-corrected chi connectivity index (χ3v) is 10.3. The Bertz CT molecular complexity index is 2020. The van der Waals surface area contributed by atoms with Gasteiger partial charge in [-0.15, -0.1) is 13.2 Å². The van der Waals surface area contributed by atoms with Crippen molar-refractivity contribution in [3.63, 3.8) is 0 Å². The van der Waals surface area contributed by atoms with Crippen LogP contribution in [0.15, 0.2) is 84.7 Å². The average Bonchev–Trinajstić information content (AvgIpc) is 3.83. The summed E-state index contributed by atoms with van der Waals surface area (Å²) in [5, 5.41) is 13.8. The lowest BCUT2D eigenvalue weighted by Gasteiger charge is -2.42. The third-order valence-electron chi connectivity index (χ3n) is 10.3. The number of amides is 3. The monoisotopic (exact) mass is 745 g/mol.